The number of carbonyl (C=O) groups excluding carboxylic acids is 1. The Labute approximate surface area is 98.0 Å². The van der Waals surface area contributed by atoms with E-state index < -0.39 is 0 Å². The van der Waals surface area contributed by atoms with Gasteiger partial charge in [-0.05, 0) is 12.8 Å². The van der Waals surface area contributed by atoms with Crippen molar-refractivity contribution in [3.05, 3.63) is 16.6 Å². The van der Waals surface area contributed by atoms with Gasteiger partial charge in [0.05, 0.1) is 23.9 Å². The Bertz CT molecular complexity index is 342. The van der Waals surface area contributed by atoms with Gasteiger partial charge in [-0.2, -0.15) is 0 Å². The second-order valence-electron chi connectivity index (χ2n) is 3.76. The molecule has 5 nitrogen and oxygen atoms in total. The molecule has 1 amide bonds. The molecule has 0 aromatic carbocycles. The zero-order valence-electron chi connectivity index (χ0n) is 8.89. The molecule has 1 saturated heterocycles. The third kappa shape index (κ3) is 2.78. The monoisotopic (exact) mass is 241 g/mol. The molecule has 0 bridgehead atoms. The summed E-state index contributed by atoms with van der Waals surface area (Å²) in [5, 5.41) is 4.73. The molecule has 2 heterocycles. The molecule has 0 spiro atoms. The smallest absolute Gasteiger partial charge is 0.249 e. The summed E-state index contributed by atoms with van der Waals surface area (Å²) in [5.41, 5.74) is 8.11. The Morgan fingerprint density at radius 3 is 3.19 bits per heavy atom. The molecule has 16 heavy (non-hydrogen) atoms. The summed E-state index contributed by atoms with van der Waals surface area (Å²) in [6.45, 7) is 0.950. The number of rotatable bonds is 4. The van der Waals surface area contributed by atoms with Crippen LogP contribution in [0, 0.1) is 0 Å². The predicted octanol–water partition coefficient (Wildman–Crippen LogP) is 0.266. The van der Waals surface area contributed by atoms with E-state index in [4.69, 9.17) is 10.5 Å². The summed E-state index contributed by atoms with van der Waals surface area (Å²) in [6, 6.07) is 0. The molecule has 2 atom stereocenters. The quantitative estimate of drug-likeness (QED) is 0.793. The van der Waals surface area contributed by atoms with Crippen molar-refractivity contribution in [3.8, 4) is 0 Å². The van der Waals surface area contributed by atoms with E-state index in [1.807, 2.05) is 5.38 Å². The fourth-order valence-corrected chi connectivity index (χ4v) is 2.25. The van der Waals surface area contributed by atoms with Crippen LogP contribution in [0.15, 0.2) is 10.9 Å². The highest BCUT2D eigenvalue weighted by Gasteiger charge is 2.29. The number of amides is 1. The number of carbonyl (C=O) groups is 1. The summed E-state index contributed by atoms with van der Waals surface area (Å²) in [7, 11) is 0. The van der Waals surface area contributed by atoms with Gasteiger partial charge in [-0.25, -0.2) is 4.98 Å². The van der Waals surface area contributed by atoms with Gasteiger partial charge in [-0.15, -0.1) is 11.3 Å². The Morgan fingerprint density at radius 1 is 1.69 bits per heavy atom. The molecule has 1 aromatic heterocycles. The number of hydrogen-bond donors (Lipinski definition) is 2. The molecule has 1 aromatic rings. The molecule has 0 aliphatic carbocycles. The normalized spacial score (nSPS) is 24.6. The van der Waals surface area contributed by atoms with Crippen molar-refractivity contribution in [2.45, 2.75) is 31.6 Å². The molecule has 1 fully saturated rings. The van der Waals surface area contributed by atoms with Crippen LogP contribution in [0.5, 0.6) is 0 Å². The van der Waals surface area contributed by atoms with Crippen LogP contribution in [0.2, 0.25) is 0 Å². The number of aromatic nitrogens is 1. The van der Waals surface area contributed by atoms with Crippen LogP contribution in [0.3, 0.4) is 0 Å². The van der Waals surface area contributed by atoms with Crippen molar-refractivity contribution in [1.29, 1.82) is 0 Å². The lowest BCUT2D eigenvalue weighted by Gasteiger charge is -2.11. The van der Waals surface area contributed by atoms with E-state index >= 15 is 0 Å². The predicted molar refractivity (Wildman–Crippen MR) is 60.9 cm³/mol. The van der Waals surface area contributed by atoms with Crippen LogP contribution in [0.25, 0.3) is 0 Å². The number of nitrogens with zero attached hydrogens (tertiary/aromatic N) is 1. The molecule has 1 aliphatic heterocycles. The number of hydrogen-bond acceptors (Lipinski definition) is 5. The van der Waals surface area contributed by atoms with Crippen LogP contribution in [0.1, 0.15) is 18.5 Å². The van der Waals surface area contributed by atoms with Crippen LogP contribution < -0.4 is 11.1 Å². The number of thiazole rings is 1. The van der Waals surface area contributed by atoms with Crippen molar-refractivity contribution < 1.29 is 9.53 Å². The van der Waals surface area contributed by atoms with Crippen LogP contribution >= 0.6 is 11.3 Å². The van der Waals surface area contributed by atoms with E-state index in [-0.39, 0.29) is 18.1 Å². The lowest BCUT2D eigenvalue weighted by Crippen LogP contribution is -2.35. The fraction of sp³-hybridized carbons (Fsp3) is 0.600. The van der Waals surface area contributed by atoms with E-state index in [9.17, 15) is 4.79 Å². The lowest BCUT2D eigenvalue weighted by atomic mass is 10.2. The third-order valence-electron chi connectivity index (χ3n) is 2.59. The van der Waals surface area contributed by atoms with Gasteiger partial charge in [-0.1, -0.05) is 0 Å². The number of ether oxygens (including phenoxy) is 1. The standard InChI is InChI=1S/C10H15N3O2S/c11-3-8-1-2-9(15-8)10(14)12-4-7-5-16-6-13-7/h5-6,8-9H,1-4,11H2,(H,12,14)/t8-,9+/m1/s1. The van der Waals surface area contributed by atoms with E-state index in [0.717, 1.165) is 18.5 Å². The first-order valence-corrected chi connectivity index (χ1v) is 6.24. The topological polar surface area (TPSA) is 77.2 Å². The highest BCUT2D eigenvalue weighted by atomic mass is 32.1. The minimum absolute atomic E-state index is 0.0371. The maximum atomic E-state index is 11.7. The van der Waals surface area contributed by atoms with E-state index in [1.54, 1.807) is 5.51 Å². The van der Waals surface area contributed by atoms with Gasteiger partial charge in [0.2, 0.25) is 5.91 Å². The SMILES string of the molecule is NC[C@H]1CC[C@@H](C(=O)NCc2cscn2)O1. The maximum Gasteiger partial charge on any atom is 0.249 e. The Morgan fingerprint density at radius 2 is 2.56 bits per heavy atom. The van der Waals surface area contributed by atoms with Crippen molar-refractivity contribution >= 4 is 17.2 Å². The second-order valence-corrected chi connectivity index (χ2v) is 4.48. The molecule has 88 valence electrons. The van der Waals surface area contributed by atoms with E-state index in [0.29, 0.717) is 13.1 Å². The zero-order valence-corrected chi connectivity index (χ0v) is 9.70. The highest BCUT2D eigenvalue weighted by molar-refractivity contribution is 7.07. The van der Waals surface area contributed by atoms with Crippen LogP contribution in [-0.4, -0.2) is 29.6 Å². The first-order valence-electron chi connectivity index (χ1n) is 5.30. The van der Waals surface area contributed by atoms with Crippen LogP contribution in [-0.2, 0) is 16.1 Å². The molecule has 1 aliphatic rings. The minimum Gasteiger partial charge on any atom is -0.364 e. The van der Waals surface area contributed by atoms with Crippen molar-refractivity contribution in [1.82, 2.24) is 10.3 Å². The molecule has 0 saturated carbocycles. The van der Waals surface area contributed by atoms with Crippen molar-refractivity contribution in [3.63, 3.8) is 0 Å². The summed E-state index contributed by atoms with van der Waals surface area (Å²) < 4.78 is 5.49. The van der Waals surface area contributed by atoms with Gasteiger partial charge in [0.1, 0.15) is 6.10 Å². The van der Waals surface area contributed by atoms with Crippen molar-refractivity contribution in [2.75, 3.05) is 6.54 Å². The first kappa shape index (κ1) is 11.5. The fourth-order valence-electron chi connectivity index (χ4n) is 1.69. The summed E-state index contributed by atoms with van der Waals surface area (Å²) >= 11 is 1.52. The van der Waals surface area contributed by atoms with Gasteiger partial charge in [-0.3, -0.25) is 4.79 Å². The Hall–Kier alpha value is -0.980. The van der Waals surface area contributed by atoms with Gasteiger partial charge in [0.25, 0.3) is 0 Å². The third-order valence-corrected chi connectivity index (χ3v) is 3.23. The minimum atomic E-state index is -0.341. The van der Waals surface area contributed by atoms with Gasteiger partial charge < -0.3 is 15.8 Å². The van der Waals surface area contributed by atoms with Crippen LogP contribution in [0.4, 0.5) is 0 Å². The van der Waals surface area contributed by atoms with E-state index in [2.05, 4.69) is 10.3 Å². The molecule has 0 radical (unpaired) electrons. The number of nitrogens with two attached hydrogens (primary N) is 1. The van der Waals surface area contributed by atoms with Gasteiger partial charge >= 0.3 is 0 Å². The molecular weight excluding hydrogens is 226 g/mol. The lowest BCUT2D eigenvalue weighted by molar-refractivity contribution is -0.132. The molecule has 3 N–H and O–H groups in total. The van der Waals surface area contributed by atoms with Gasteiger partial charge in [0.15, 0.2) is 0 Å². The second kappa shape index (κ2) is 5.38. The summed E-state index contributed by atoms with van der Waals surface area (Å²) in [5.74, 6) is -0.0658. The summed E-state index contributed by atoms with van der Waals surface area (Å²) in [6.07, 6.45) is 1.32. The largest absolute Gasteiger partial charge is 0.364 e. The van der Waals surface area contributed by atoms with Crippen molar-refractivity contribution in [2.24, 2.45) is 5.73 Å². The molecule has 6 heteroatoms. The average molecular weight is 241 g/mol. The maximum absolute atomic E-state index is 11.7. The van der Waals surface area contributed by atoms with E-state index in [1.165, 1.54) is 11.3 Å². The molecule has 2 rings (SSSR count). The molecule has 0 unspecified atom stereocenters. The van der Waals surface area contributed by atoms with Gasteiger partial charge in [0, 0.05) is 11.9 Å². The Balaban J connectivity index is 1.76. The number of nitrogens with one attached hydrogen (secondary N) is 1. The summed E-state index contributed by atoms with van der Waals surface area (Å²) in [4.78, 5) is 15.8. The molecular formula is C10H15N3O2S. The Kier molecular flexibility index (Phi) is 3.87. The highest BCUT2D eigenvalue weighted by Crippen LogP contribution is 2.18. The zero-order chi connectivity index (χ0) is 11.4. The average Bonchev–Trinajstić information content (AvgIpc) is 2.96. The first-order chi connectivity index (χ1) is 7.79.